The van der Waals surface area contributed by atoms with Gasteiger partial charge in [-0.05, 0) is 30.9 Å². The summed E-state index contributed by atoms with van der Waals surface area (Å²) in [5.41, 5.74) is 3.98. The van der Waals surface area contributed by atoms with Gasteiger partial charge in [0.25, 0.3) is 5.91 Å². The minimum atomic E-state index is -0.0754. The van der Waals surface area contributed by atoms with E-state index < -0.39 is 0 Å². The molecule has 21 heavy (non-hydrogen) atoms. The number of carbonyl (C=O) groups is 1. The molecule has 0 saturated carbocycles. The monoisotopic (exact) mass is 303 g/mol. The molecule has 2 rings (SSSR count). The molecule has 0 saturated heterocycles. The predicted octanol–water partition coefficient (Wildman–Crippen LogP) is 2.57. The summed E-state index contributed by atoms with van der Waals surface area (Å²) in [6.07, 6.45) is 4.53. The minimum Gasteiger partial charge on any atom is -0.361 e. The zero-order chi connectivity index (χ0) is 15.2. The van der Waals surface area contributed by atoms with Crippen LogP contribution in [0.4, 0.5) is 0 Å². The van der Waals surface area contributed by atoms with Crippen LogP contribution in [0.3, 0.4) is 0 Å². The highest BCUT2D eigenvalue weighted by atomic mass is 32.2. The van der Waals surface area contributed by atoms with Crippen molar-refractivity contribution in [1.29, 1.82) is 0 Å². The first-order valence-electron chi connectivity index (χ1n) is 6.95. The Hall–Kier alpha value is -1.75. The summed E-state index contributed by atoms with van der Waals surface area (Å²) in [4.78, 5) is 19.5. The summed E-state index contributed by atoms with van der Waals surface area (Å²) in [7, 11) is 1.67. The Bertz CT molecular complexity index is 661. The van der Waals surface area contributed by atoms with Gasteiger partial charge in [-0.25, -0.2) is 0 Å². The highest BCUT2D eigenvalue weighted by molar-refractivity contribution is 7.98. The Morgan fingerprint density at radius 3 is 2.95 bits per heavy atom. The van der Waals surface area contributed by atoms with Crippen molar-refractivity contribution in [3.63, 3.8) is 0 Å². The molecule has 0 unspecified atom stereocenters. The number of fused-ring (bicyclic) bond motifs is 1. The van der Waals surface area contributed by atoms with Crippen LogP contribution in [0.1, 0.15) is 11.1 Å². The number of hydrogen-bond acceptors (Lipinski definition) is 3. The third-order valence-corrected chi connectivity index (χ3v) is 4.02. The van der Waals surface area contributed by atoms with E-state index in [1.54, 1.807) is 18.8 Å². The number of thioether (sulfide) groups is 1. The SMILES string of the molecule is C/N=C(\Cc1c[nH]c2ccc(C)cc12)C(=O)NCCSC. The van der Waals surface area contributed by atoms with Crippen LogP contribution in [0.2, 0.25) is 0 Å². The Morgan fingerprint density at radius 2 is 2.24 bits per heavy atom. The number of aromatic nitrogens is 1. The van der Waals surface area contributed by atoms with Gasteiger partial charge in [0, 0.05) is 42.9 Å². The van der Waals surface area contributed by atoms with Gasteiger partial charge in [0.1, 0.15) is 5.71 Å². The number of aromatic amines is 1. The molecule has 1 aromatic carbocycles. The summed E-state index contributed by atoms with van der Waals surface area (Å²) >= 11 is 1.71. The highest BCUT2D eigenvalue weighted by Crippen LogP contribution is 2.20. The highest BCUT2D eigenvalue weighted by Gasteiger charge is 2.13. The first-order chi connectivity index (χ1) is 10.2. The number of aliphatic imine (C=N–C) groups is 1. The number of benzene rings is 1. The van der Waals surface area contributed by atoms with Crippen LogP contribution in [0, 0.1) is 6.92 Å². The zero-order valence-electron chi connectivity index (χ0n) is 12.7. The number of hydrogen-bond donors (Lipinski definition) is 2. The van der Waals surface area contributed by atoms with Gasteiger partial charge in [0.2, 0.25) is 0 Å². The van der Waals surface area contributed by atoms with Gasteiger partial charge in [0.15, 0.2) is 0 Å². The molecule has 0 aliphatic heterocycles. The summed E-state index contributed by atoms with van der Waals surface area (Å²) in [6, 6.07) is 6.28. The molecule has 0 spiro atoms. The number of carbonyl (C=O) groups excluding carboxylic acids is 1. The van der Waals surface area contributed by atoms with Gasteiger partial charge >= 0.3 is 0 Å². The fourth-order valence-corrected chi connectivity index (χ4v) is 2.55. The van der Waals surface area contributed by atoms with Crippen molar-refractivity contribution >= 4 is 34.3 Å². The molecule has 0 aliphatic carbocycles. The molecule has 1 heterocycles. The van der Waals surface area contributed by atoms with Crippen molar-refractivity contribution in [1.82, 2.24) is 10.3 Å². The molecule has 4 nitrogen and oxygen atoms in total. The van der Waals surface area contributed by atoms with Gasteiger partial charge < -0.3 is 10.3 Å². The lowest BCUT2D eigenvalue weighted by molar-refractivity contribution is -0.114. The second-order valence-electron chi connectivity index (χ2n) is 4.96. The normalized spacial score (nSPS) is 11.9. The maximum absolute atomic E-state index is 12.1. The van der Waals surface area contributed by atoms with Crippen LogP contribution in [0.25, 0.3) is 10.9 Å². The van der Waals surface area contributed by atoms with E-state index in [0.29, 0.717) is 18.7 Å². The molecule has 2 aromatic rings. The summed E-state index contributed by atoms with van der Waals surface area (Å²) in [5.74, 6) is 0.836. The third kappa shape index (κ3) is 3.88. The van der Waals surface area contributed by atoms with Crippen LogP contribution in [0.5, 0.6) is 0 Å². The average molecular weight is 303 g/mol. The molecule has 0 fully saturated rings. The first kappa shape index (κ1) is 15.6. The maximum atomic E-state index is 12.1. The van der Waals surface area contributed by atoms with E-state index >= 15 is 0 Å². The van der Waals surface area contributed by atoms with Crippen LogP contribution < -0.4 is 5.32 Å². The number of nitrogens with one attached hydrogen (secondary N) is 2. The zero-order valence-corrected chi connectivity index (χ0v) is 13.5. The number of rotatable bonds is 6. The molecule has 0 bridgehead atoms. The third-order valence-electron chi connectivity index (χ3n) is 3.40. The van der Waals surface area contributed by atoms with Crippen molar-refractivity contribution in [3.05, 3.63) is 35.5 Å². The van der Waals surface area contributed by atoms with Crippen LogP contribution >= 0.6 is 11.8 Å². The van der Waals surface area contributed by atoms with E-state index in [1.807, 2.05) is 12.5 Å². The van der Waals surface area contributed by atoms with E-state index in [1.165, 1.54) is 5.56 Å². The molecule has 112 valence electrons. The fourth-order valence-electron chi connectivity index (χ4n) is 2.25. The molecule has 0 radical (unpaired) electrons. The van der Waals surface area contributed by atoms with Crippen LogP contribution in [-0.4, -0.2) is 42.2 Å². The van der Waals surface area contributed by atoms with E-state index in [-0.39, 0.29) is 5.91 Å². The molecule has 2 N–H and O–H groups in total. The van der Waals surface area contributed by atoms with Gasteiger partial charge in [-0.3, -0.25) is 9.79 Å². The molecule has 0 atom stereocenters. The topological polar surface area (TPSA) is 57.2 Å². The standard InChI is InChI=1S/C16H21N3OS/c1-11-4-5-14-13(8-11)12(10-19-14)9-15(17-2)16(20)18-6-7-21-3/h4-5,8,10,19H,6-7,9H2,1-3H3,(H,18,20)/b17-15+. The maximum Gasteiger partial charge on any atom is 0.265 e. The number of nitrogens with zero attached hydrogens (tertiary/aromatic N) is 1. The van der Waals surface area contributed by atoms with Crippen molar-refractivity contribution in [2.24, 2.45) is 4.99 Å². The summed E-state index contributed by atoms with van der Waals surface area (Å²) in [5, 5.41) is 4.07. The number of H-pyrrole nitrogens is 1. The van der Waals surface area contributed by atoms with Crippen molar-refractivity contribution in [3.8, 4) is 0 Å². The van der Waals surface area contributed by atoms with E-state index in [0.717, 1.165) is 22.2 Å². The van der Waals surface area contributed by atoms with Gasteiger partial charge in [-0.1, -0.05) is 11.6 Å². The number of aryl methyl sites for hydroxylation is 1. The molecular weight excluding hydrogens is 282 g/mol. The van der Waals surface area contributed by atoms with Crippen LogP contribution in [-0.2, 0) is 11.2 Å². The second-order valence-corrected chi connectivity index (χ2v) is 5.94. The largest absolute Gasteiger partial charge is 0.361 e. The summed E-state index contributed by atoms with van der Waals surface area (Å²) < 4.78 is 0. The molecule has 0 aliphatic rings. The van der Waals surface area contributed by atoms with Crippen molar-refractivity contribution < 1.29 is 4.79 Å². The molecular formula is C16H21N3OS. The van der Waals surface area contributed by atoms with Crippen molar-refractivity contribution in [2.75, 3.05) is 25.6 Å². The summed E-state index contributed by atoms with van der Waals surface area (Å²) in [6.45, 7) is 2.74. The predicted molar refractivity (Wildman–Crippen MR) is 91.5 cm³/mol. The average Bonchev–Trinajstić information content (AvgIpc) is 2.87. The quantitative estimate of drug-likeness (QED) is 0.636. The van der Waals surface area contributed by atoms with Gasteiger partial charge in [0.05, 0.1) is 0 Å². The van der Waals surface area contributed by atoms with Gasteiger partial charge in [-0.2, -0.15) is 11.8 Å². The van der Waals surface area contributed by atoms with Crippen molar-refractivity contribution in [2.45, 2.75) is 13.3 Å². The number of amides is 1. The molecule has 1 amide bonds. The van der Waals surface area contributed by atoms with E-state index in [9.17, 15) is 4.79 Å². The Labute approximate surface area is 129 Å². The van der Waals surface area contributed by atoms with E-state index in [2.05, 4.69) is 40.4 Å². The molecule has 5 heteroatoms. The van der Waals surface area contributed by atoms with Crippen LogP contribution in [0.15, 0.2) is 29.4 Å². The lowest BCUT2D eigenvalue weighted by Gasteiger charge is -2.07. The lowest BCUT2D eigenvalue weighted by Crippen LogP contribution is -2.33. The van der Waals surface area contributed by atoms with Gasteiger partial charge in [-0.15, -0.1) is 0 Å². The Kier molecular flexibility index (Phi) is 5.44. The second kappa shape index (κ2) is 7.31. The minimum absolute atomic E-state index is 0.0754. The first-order valence-corrected chi connectivity index (χ1v) is 8.34. The Morgan fingerprint density at radius 1 is 1.43 bits per heavy atom. The molecule has 1 aromatic heterocycles. The van der Waals surface area contributed by atoms with E-state index in [4.69, 9.17) is 0 Å². The Balaban J connectivity index is 2.14. The lowest BCUT2D eigenvalue weighted by atomic mass is 10.1. The smallest absolute Gasteiger partial charge is 0.265 e. The fraction of sp³-hybridized carbons (Fsp3) is 0.375.